The smallest absolute Gasteiger partial charge is 0.239 e. The Morgan fingerprint density at radius 2 is 1.89 bits per heavy atom. The SMILES string of the molecule is O=C1CS(=O)(=O)c2cc(NC(=O)C3(c4ccccc4F)CCC3)ccc2N1. The third-order valence-corrected chi connectivity index (χ3v) is 6.85. The van der Waals surface area contributed by atoms with Gasteiger partial charge in [-0.15, -0.1) is 0 Å². The number of anilines is 2. The van der Waals surface area contributed by atoms with Crippen LogP contribution in [0.2, 0.25) is 0 Å². The van der Waals surface area contributed by atoms with E-state index in [4.69, 9.17) is 0 Å². The van der Waals surface area contributed by atoms with E-state index in [1.807, 2.05) is 0 Å². The number of halogens is 1. The fourth-order valence-electron chi connectivity index (χ4n) is 3.65. The van der Waals surface area contributed by atoms with E-state index in [1.165, 1.54) is 24.3 Å². The lowest BCUT2D eigenvalue weighted by Gasteiger charge is -2.40. The van der Waals surface area contributed by atoms with Crippen LogP contribution in [0.3, 0.4) is 0 Å². The fourth-order valence-corrected chi connectivity index (χ4v) is 4.98. The van der Waals surface area contributed by atoms with Crippen LogP contribution >= 0.6 is 0 Å². The number of amides is 2. The summed E-state index contributed by atoms with van der Waals surface area (Å²) in [5.74, 6) is -2.01. The second kappa shape index (κ2) is 6.16. The Kier molecular flexibility index (Phi) is 4.03. The molecule has 0 aromatic heterocycles. The average molecular weight is 388 g/mol. The molecule has 2 amide bonds. The van der Waals surface area contributed by atoms with Crippen LogP contribution in [0, 0.1) is 5.82 Å². The largest absolute Gasteiger partial charge is 0.325 e. The molecule has 2 aromatic carbocycles. The van der Waals surface area contributed by atoms with Crippen molar-refractivity contribution in [3.05, 3.63) is 53.8 Å². The van der Waals surface area contributed by atoms with Crippen LogP contribution in [0.25, 0.3) is 0 Å². The van der Waals surface area contributed by atoms with Crippen molar-refractivity contribution in [2.75, 3.05) is 16.4 Å². The molecule has 0 bridgehead atoms. The maximum Gasteiger partial charge on any atom is 0.239 e. The summed E-state index contributed by atoms with van der Waals surface area (Å²) >= 11 is 0. The van der Waals surface area contributed by atoms with E-state index in [9.17, 15) is 22.4 Å². The number of carbonyl (C=O) groups is 2. The lowest BCUT2D eigenvalue weighted by molar-refractivity contribution is -0.124. The van der Waals surface area contributed by atoms with Crippen LogP contribution < -0.4 is 10.6 Å². The van der Waals surface area contributed by atoms with Gasteiger partial charge < -0.3 is 10.6 Å². The van der Waals surface area contributed by atoms with Crippen molar-refractivity contribution in [3.63, 3.8) is 0 Å². The van der Waals surface area contributed by atoms with Crippen LogP contribution in [0.1, 0.15) is 24.8 Å². The monoisotopic (exact) mass is 388 g/mol. The molecule has 6 nitrogen and oxygen atoms in total. The Morgan fingerprint density at radius 3 is 2.56 bits per heavy atom. The van der Waals surface area contributed by atoms with Crippen LogP contribution in [-0.4, -0.2) is 26.0 Å². The molecule has 2 aromatic rings. The average Bonchev–Trinajstić information content (AvgIpc) is 2.55. The second-order valence-corrected chi connectivity index (χ2v) is 8.85. The third-order valence-electron chi connectivity index (χ3n) is 5.20. The van der Waals surface area contributed by atoms with Gasteiger partial charge in [-0.1, -0.05) is 24.6 Å². The summed E-state index contributed by atoms with van der Waals surface area (Å²) in [5, 5.41) is 5.23. The highest BCUT2D eigenvalue weighted by Crippen LogP contribution is 2.45. The van der Waals surface area contributed by atoms with Gasteiger partial charge in [0.15, 0.2) is 9.84 Å². The quantitative estimate of drug-likeness (QED) is 0.845. The molecule has 27 heavy (non-hydrogen) atoms. The van der Waals surface area contributed by atoms with Gasteiger partial charge in [0.05, 0.1) is 16.0 Å². The van der Waals surface area contributed by atoms with Crippen molar-refractivity contribution in [1.29, 1.82) is 0 Å². The molecule has 1 aliphatic heterocycles. The van der Waals surface area contributed by atoms with E-state index in [-0.39, 0.29) is 16.5 Å². The number of nitrogens with one attached hydrogen (secondary N) is 2. The minimum Gasteiger partial charge on any atom is -0.325 e. The van der Waals surface area contributed by atoms with Gasteiger partial charge in [0.25, 0.3) is 0 Å². The highest BCUT2D eigenvalue weighted by atomic mass is 32.2. The van der Waals surface area contributed by atoms with Crippen LogP contribution in [0.4, 0.5) is 15.8 Å². The highest BCUT2D eigenvalue weighted by Gasteiger charge is 2.47. The molecule has 0 saturated heterocycles. The standard InChI is InChI=1S/C19H17FN2O4S/c20-14-5-2-1-4-13(14)19(8-3-9-19)18(24)21-12-6-7-15-16(10-12)27(25,26)11-17(23)22-15/h1-2,4-7,10H,3,8-9,11H2,(H,21,24)(H,22,23). The maximum absolute atomic E-state index is 14.3. The number of benzene rings is 2. The Balaban J connectivity index is 1.66. The molecule has 8 heteroatoms. The topological polar surface area (TPSA) is 92.3 Å². The lowest BCUT2D eigenvalue weighted by Crippen LogP contribution is -2.46. The van der Waals surface area contributed by atoms with Gasteiger partial charge in [0, 0.05) is 11.3 Å². The minimum atomic E-state index is -3.76. The van der Waals surface area contributed by atoms with Crippen molar-refractivity contribution in [1.82, 2.24) is 0 Å². The molecule has 2 N–H and O–H groups in total. The normalized spacial score (nSPS) is 19.4. The van der Waals surface area contributed by atoms with Crippen molar-refractivity contribution in [2.24, 2.45) is 0 Å². The first-order valence-corrected chi connectivity index (χ1v) is 10.2. The Labute approximate surface area is 155 Å². The van der Waals surface area contributed by atoms with Gasteiger partial charge in [-0.25, -0.2) is 12.8 Å². The number of hydrogen-bond donors (Lipinski definition) is 2. The number of carbonyl (C=O) groups excluding carboxylic acids is 2. The minimum absolute atomic E-state index is 0.0338. The first-order chi connectivity index (χ1) is 12.8. The maximum atomic E-state index is 14.3. The Morgan fingerprint density at radius 1 is 1.15 bits per heavy atom. The van der Waals surface area contributed by atoms with Gasteiger partial charge in [0.1, 0.15) is 11.6 Å². The first kappa shape index (κ1) is 17.7. The van der Waals surface area contributed by atoms with Crippen LogP contribution in [-0.2, 0) is 24.8 Å². The summed E-state index contributed by atoms with van der Waals surface area (Å²) in [6.07, 6.45) is 1.87. The third kappa shape index (κ3) is 2.90. The second-order valence-electron chi connectivity index (χ2n) is 6.89. The first-order valence-electron chi connectivity index (χ1n) is 8.55. The number of hydrogen-bond acceptors (Lipinski definition) is 4. The molecule has 1 aliphatic carbocycles. The highest BCUT2D eigenvalue weighted by molar-refractivity contribution is 7.92. The molecule has 1 heterocycles. The lowest BCUT2D eigenvalue weighted by atomic mass is 9.63. The molecule has 0 spiro atoms. The Hall–Kier alpha value is -2.74. The number of sulfone groups is 1. The van der Waals surface area contributed by atoms with Gasteiger partial charge in [-0.3, -0.25) is 9.59 Å². The van der Waals surface area contributed by atoms with E-state index < -0.39 is 32.7 Å². The van der Waals surface area contributed by atoms with Crippen LogP contribution in [0.15, 0.2) is 47.4 Å². The molecular formula is C19H17FN2O4S. The predicted molar refractivity (Wildman–Crippen MR) is 97.7 cm³/mol. The van der Waals surface area contributed by atoms with Gasteiger partial charge >= 0.3 is 0 Å². The zero-order valence-corrected chi connectivity index (χ0v) is 15.1. The van der Waals surface area contributed by atoms with E-state index in [0.29, 0.717) is 24.1 Å². The fraction of sp³-hybridized carbons (Fsp3) is 0.263. The van der Waals surface area contributed by atoms with Crippen molar-refractivity contribution in [3.8, 4) is 0 Å². The molecule has 140 valence electrons. The van der Waals surface area contributed by atoms with Crippen molar-refractivity contribution in [2.45, 2.75) is 29.6 Å². The van der Waals surface area contributed by atoms with E-state index in [1.54, 1.807) is 18.2 Å². The van der Waals surface area contributed by atoms with Crippen molar-refractivity contribution < 1.29 is 22.4 Å². The summed E-state index contributed by atoms with van der Waals surface area (Å²) in [7, 11) is -3.76. The molecule has 1 fully saturated rings. The molecule has 0 radical (unpaired) electrons. The summed E-state index contributed by atoms with van der Waals surface area (Å²) in [6, 6.07) is 10.5. The van der Waals surface area contributed by atoms with Crippen LogP contribution in [0.5, 0.6) is 0 Å². The van der Waals surface area contributed by atoms with Gasteiger partial charge in [-0.05, 0) is 37.1 Å². The molecule has 0 atom stereocenters. The summed E-state index contributed by atoms with van der Waals surface area (Å²) in [4.78, 5) is 24.4. The molecule has 0 unspecified atom stereocenters. The predicted octanol–water partition coefficient (Wildman–Crippen LogP) is 2.61. The van der Waals surface area contributed by atoms with Gasteiger partial charge in [-0.2, -0.15) is 0 Å². The zero-order chi connectivity index (χ0) is 19.2. The summed E-state index contributed by atoms with van der Waals surface area (Å²) < 4.78 is 38.7. The van der Waals surface area contributed by atoms with Gasteiger partial charge in [0.2, 0.25) is 11.8 Å². The van der Waals surface area contributed by atoms with Crippen molar-refractivity contribution >= 4 is 33.0 Å². The summed E-state index contributed by atoms with van der Waals surface area (Å²) in [5.41, 5.74) is -0.113. The number of fused-ring (bicyclic) bond motifs is 1. The summed E-state index contributed by atoms with van der Waals surface area (Å²) in [6.45, 7) is 0. The molecule has 4 rings (SSSR count). The van der Waals surface area contributed by atoms with E-state index in [2.05, 4.69) is 10.6 Å². The van der Waals surface area contributed by atoms with E-state index in [0.717, 1.165) is 6.42 Å². The number of rotatable bonds is 3. The Bertz CT molecular complexity index is 1060. The van der Waals surface area contributed by atoms with E-state index >= 15 is 0 Å². The zero-order valence-electron chi connectivity index (χ0n) is 14.3. The molecular weight excluding hydrogens is 371 g/mol. The molecule has 1 saturated carbocycles. The molecule has 2 aliphatic rings.